The second kappa shape index (κ2) is 6.68. The molecule has 20 heavy (non-hydrogen) atoms. The lowest BCUT2D eigenvalue weighted by atomic mass is 10.0. The minimum atomic E-state index is 0.379. The van der Waals surface area contributed by atoms with Crippen LogP contribution in [-0.2, 0) is 0 Å². The molecule has 0 saturated carbocycles. The number of hydrogen-bond donors (Lipinski definition) is 1. The Morgan fingerprint density at radius 1 is 1.20 bits per heavy atom. The Balaban J connectivity index is 2.24. The molecule has 0 heterocycles. The van der Waals surface area contributed by atoms with Gasteiger partial charge in [0.05, 0.1) is 12.2 Å². The van der Waals surface area contributed by atoms with Gasteiger partial charge in [-0.3, -0.25) is 0 Å². The maximum atomic E-state index is 5.88. The fourth-order valence-corrected chi connectivity index (χ4v) is 2.40. The number of benzene rings is 2. The van der Waals surface area contributed by atoms with Crippen LogP contribution in [-0.4, -0.2) is 37.1 Å². The third kappa shape index (κ3) is 3.46. The quantitative estimate of drug-likeness (QED) is 0.655. The molecule has 3 nitrogen and oxygen atoms in total. The maximum Gasteiger partial charge on any atom is 0.130 e. The van der Waals surface area contributed by atoms with Gasteiger partial charge in [0.25, 0.3) is 0 Å². The van der Waals surface area contributed by atoms with Gasteiger partial charge in [0, 0.05) is 6.54 Å². The standard InChI is InChI=1S/C16H20N2OS/c1-18(2)10-5-11-19-14-9-8-12-6-3-4-7-13(12)15(14)16(17)20/h3-4,6-9H,5,10-11H2,1-2H3,(H2,17,20). The van der Waals surface area contributed by atoms with Crippen LogP contribution in [0.1, 0.15) is 12.0 Å². The summed E-state index contributed by atoms with van der Waals surface area (Å²) in [5.74, 6) is 0.773. The highest BCUT2D eigenvalue weighted by Crippen LogP contribution is 2.28. The Morgan fingerprint density at radius 3 is 2.65 bits per heavy atom. The van der Waals surface area contributed by atoms with Crippen molar-refractivity contribution in [3.63, 3.8) is 0 Å². The van der Waals surface area contributed by atoms with Crippen LogP contribution < -0.4 is 10.5 Å². The molecule has 0 radical (unpaired) electrons. The zero-order valence-corrected chi connectivity index (χ0v) is 12.7. The molecular formula is C16H20N2OS. The fourth-order valence-electron chi connectivity index (χ4n) is 2.19. The lowest BCUT2D eigenvalue weighted by Gasteiger charge is -2.14. The number of ether oxygens (including phenoxy) is 1. The molecule has 2 rings (SSSR count). The normalized spacial score (nSPS) is 10.9. The molecule has 0 atom stereocenters. The monoisotopic (exact) mass is 288 g/mol. The molecule has 0 aliphatic rings. The third-order valence-electron chi connectivity index (χ3n) is 3.14. The highest BCUT2D eigenvalue weighted by atomic mass is 32.1. The summed E-state index contributed by atoms with van der Waals surface area (Å²) in [7, 11) is 4.10. The fraction of sp³-hybridized carbons (Fsp3) is 0.312. The zero-order chi connectivity index (χ0) is 14.5. The average molecular weight is 288 g/mol. The van der Waals surface area contributed by atoms with Crippen LogP contribution in [0.3, 0.4) is 0 Å². The van der Waals surface area contributed by atoms with E-state index in [1.54, 1.807) is 0 Å². The molecule has 2 aromatic carbocycles. The number of rotatable bonds is 6. The highest BCUT2D eigenvalue weighted by Gasteiger charge is 2.11. The van der Waals surface area contributed by atoms with E-state index in [1.165, 1.54) is 0 Å². The minimum Gasteiger partial charge on any atom is -0.493 e. The van der Waals surface area contributed by atoms with Crippen LogP contribution in [0.5, 0.6) is 5.75 Å². The molecule has 2 N–H and O–H groups in total. The van der Waals surface area contributed by atoms with Gasteiger partial charge in [-0.25, -0.2) is 0 Å². The summed E-state index contributed by atoms with van der Waals surface area (Å²) in [6.45, 7) is 1.65. The largest absolute Gasteiger partial charge is 0.493 e. The third-order valence-corrected chi connectivity index (χ3v) is 3.35. The smallest absolute Gasteiger partial charge is 0.130 e. The first-order chi connectivity index (χ1) is 9.59. The van der Waals surface area contributed by atoms with Crippen LogP contribution >= 0.6 is 12.2 Å². The van der Waals surface area contributed by atoms with E-state index >= 15 is 0 Å². The second-order valence-corrected chi connectivity index (χ2v) is 5.47. The van der Waals surface area contributed by atoms with Gasteiger partial charge in [-0.2, -0.15) is 0 Å². The van der Waals surface area contributed by atoms with Crippen molar-refractivity contribution in [1.29, 1.82) is 0 Å². The minimum absolute atomic E-state index is 0.379. The summed E-state index contributed by atoms with van der Waals surface area (Å²) >= 11 is 5.19. The van der Waals surface area contributed by atoms with E-state index in [1.807, 2.05) is 36.4 Å². The summed E-state index contributed by atoms with van der Waals surface area (Å²) in [6.07, 6.45) is 0.969. The molecule has 0 aromatic heterocycles. The van der Waals surface area contributed by atoms with Crippen molar-refractivity contribution in [2.75, 3.05) is 27.2 Å². The van der Waals surface area contributed by atoms with E-state index in [2.05, 4.69) is 19.0 Å². The lowest BCUT2D eigenvalue weighted by molar-refractivity contribution is 0.281. The van der Waals surface area contributed by atoms with Gasteiger partial charge in [0.1, 0.15) is 10.7 Å². The Hall–Kier alpha value is -1.65. The molecule has 0 aliphatic carbocycles. The molecule has 0 fully saturated rings. The molecule has 0 amide bonds. The van der Waals surface area contributed by atoms with E-state index < -0.39 is 0 Å². The van der Waals surface area contributed by atoms with Gasteiger partial charge in [-0.15, -0.1) is 0 Å². The van der Waals surface area contributed by atoms with E-state index in [0.29, 0.717) is 11.6 Å². The van der Waals surface area contributed by atoms with Crippen LogP contribution in [0.25, 0.3) is 10.8 Å². The topological polar surface area (TPSA) is 38.5 Å². The van der Waals surface area contributed by atoms with Crippen LogP contribution in [0.2, 0.25) is 0 Å². The number of fused-ring (bicyclic) bond motifs is 1. The van der Waals surface area contributed by atoms with Gasteiger partial charge >= 0.3 is 0 Å². The van der Waals surface area contributed by atoms with Gasteiger partial charge in [0.15, 0.2) is 0 Å². The van der Waals surface area contributed by atoms with Gasteiger partial charge in [0.2, 0.25) is 0 Å². The molecule has 0 spiro atoms. The van der Waals surface area contributed by atoms with Gasteiger partial charge in [-0.05, 0) is 37.4 Å². The van der Waals surface area contributed by atoms with Crippen LogP contribution in [0.4, 0.5) is 0 Å². The molecular weight excluding hydrogens is 268 g/mol. The Morgan fingerprint density at radius 2 is 1.95 bits per heavy atom. The zero-order valence-electron chi connectivity index (χ0n) is 11.9. The SMILES string of the molecule is CN(C)CCCOc1ccc2ccccc2c1C(N)=S. The predicted octanol–water partition coefficient (Wildman–Crippen LogP) is 2.80. The summed E-state index contributed by atoms with van der Waals surface area (Å²) < 4.78 is 5.86. The Kier molecular flexibility index (Phi) is 4.93. The van der Waals surface area contributed by atoms with E-state index in [0.717, 1.165) is 35.1 Å². The van der Waals surface area contributed by atoms with Crippen molar-refractivity contribution in [2.45, 2.75) is 6.42 Å². The van der Waals surface area contributed by atoms with E-state index in [4.69, 9.17) is 22.7 Å². The maximum absolute atomic E-state index is 5.88. The Labute approximate surface area is 125 Å². The first-order valence-electron chi connectivity index (χ1n) is 6.68. The second-order valence-electron chi connectivity index (χ2n) is 5.03. The summed E-state index contributed by atoms with van der Waals surface area (Å²) in [5, 5.41) is 2.17. The molecule has 0 unspecified atom stereocenters. The summed E-state index contributed by atoms with van der Waals surface area (Å²) in [6, 6.07) is 12.1. The molecule has 0 aliphatic heterocycles. The van der Waals surface area contributed by atoms with Gasteiger partial charge < -0.3 is 15.4 Å². The van der Waals surface area contributed by atoms with Crippen LogP contribution in [0.15, 0.2) is 36.4 Å². The number of nitrogens with two attached hydrogens (primary N) is 1. The van der Waals surface area contributed by atoms with Crippen molar-refractivity contribution in [1.82, 2.24) is 4.90 Å². The van der Waals surface area contributed by atoms with Crippen molar-refractivity contribution in [3.05, 3.63) is 42.0 Å². The van der Waals surface area contributed by atoms with Crippen molar-refractivity contribution >= 4 is 28.0 Å². The molecule has 0 bridgehead atoms. The molecule has 106 valence electrons. The highest BCUT2D eigenvalue weighted by molar-refractivity contribution is 7.80. The molecule has 0 saturated heterocycles. The summed E-state index contributed by atoms with van der Waals surface area (Å²) in [5.41, 5.74) is 6.71. The van der Waals surface area contributed by atoms with Gasteiger partial charge in [-0.1, -0.05) is 42.5 Å². The van der Waals surface area contributed by atoms with Crippen molar-refractivity contribution < 1.29 is 4.74 Å². The van der Waals surface area contributed by atoms with E-state index in [9.17, 15) is 0 Å². The Bertz CT molecular complexity index is 610. The first kappa shape index (κ1) is 14.8. The molecule has 2 aromatic rings. The first-order valence-corrected chi connectivity index (χ1v) is 7.09. The van der Waals surface area contributed by atoms with E-state index in [-0.39, 0.29) is 0 Å². The van der Waals surface area contributed by atoms with Crippen molar-refractivity contribution in [2.24, 2.45) is 5.73 Å². The number of hydrogen-bond acceptors (Lipinski definition) is 3. The molecule has 4 heteroatoms. The lowest BCUT2D eigenvalue weighted by Crippen LogP contribution is -2.17. The predicted molar refractivity (Wildman–Crippen MR) is 88.5 cm³/mol. The average Bonchev–Trinajstić information content (AvgIpc) is 2.42. The van der Waals surface area contributed by atoms with Crippen LogP contribution in [0, 0.1) is 0 Å². The summed E-state index contributed by atoms with van der Waals surface area (Å²) in [4.78, 5) is 2.52. The number of thiocarbonyl (C=S) groups is 1. The number of nitrogens with zero attached hydrogens (tertiary/aromatic N) is 1. The van der Waals surface area contributed by atoms with Crippen molar-refractivity contribution in [3.8, 4) is 5.75 Å².